The highest BCUT2D eigenvalue weighted by Crippen LogP contribution is 2.03. The lowest BCUT2D eigenvalue weighted by Gasteiger charge is -2.05. The Morgan fingerprint density at radius 2 is 2.33 bits per heavy atom. The van der Waals surface area contributed by atoms with Gasteiger partial charge in [0.05, 0.1) is 18.2 Å². The van der Waals surface area contributed by atoms with E-state index in [1.165, 1.54) is 0 Å². The summed E-state index contributed by atoms with van der Waals surface area (Å²) in [5.74, 6) is -0.181. The molecule has 0 saturated carbocycles. The predicted octanol–water partition coefficient (Wildman–Crippen LogP) is 1.18. The number of nitrogens with one attached hydrogen (secondary N) is 1. The Hall–Kier alpha value is -2.61. The molecule has 1 aromatic carbocycles. The second kappa shape index (κ2) is 5.64. The summed E-state index contributed by atoms with van der Waals surface area (Å²) in [7, 11) is 0. The zero-order chi connectivity index (χ0) is 12.8. The van der Waals surface area contributed by atoms with Gasteiger partial charge < -0.3 is 5.32 Å². The molecule has 2 rings (SSSR count). The van der Waals surface area contributed by atoms with Crippen LogP contribution in [0.25, 0.3) is 0 Å². The molecule has 0 spiro atoms. The van der Waals surface area contributed by atoms with E-state index in [0.29, 0.717) is 24.2 Å². The minimum absolute atomic E-state index is 0.181. The van der Waals surface area contributed by atoms with E-state index < -0.39 is 0 Å². The first kappa shape index (κ1) is 11.9. The SMILES string of the molecule is N#Cc1cccc(C(=O)NCCn2cccn2)c1. The second-order valence-electron chi connectivity index (χ2n) is 3.72. The van der Waals surface area contributed by atoms with Crippen LogP contribution in [0.5, 0.6) is 0 Å². The third kappa shape index (κ3) is 2.95. The fourth-order valence-corrected chi connectivity index (χ4v) is 1.55. The molecule has 1 heterocycles. The van der Waals surface area contributed by atoms with Crippen molar-refractivity contribution in [3.8, 4) is 6.07 Å². The Kier molecular flexibility index (Phi) is 3.72. The highest BCUT2D eigenvalue weighted by molar-refractivity contribution is 5.94. The van der Waals surface area contributed by atoms with Gasteiger partial charge in [0.25, 0.3) is 5.91 Å². The van der Waals surface area contributed by atoms with Gasteiger partial charge in [-0.3, -0.25) is 9.48 Å². The van der Waals surface area contributed by atoms with Crippen LogP contribution in [-0.4, -0.2) is 22.2 Å². The van der Waals surface area contributed by atoms with Gasteiger partial charge in [-0.25, -0.2) is 0 Å². The van der Waals surface area contributed by atoms with E-state index in [9.17, 15) is 4.79 Å². The number of amides is 1. The number of nitrogens with zero attached hydrogens (tertiary/aromatic N) is 3. The summed E-state index contributed by atoms with van der Waals surface area (Å²) in [6.45, 7) is 1.12. The molecule has 0 radical (unpaired) electrons. The van der Waals surface area contributed by atoms with E-state index in [1.807, 2.05) is 18.3 Å². The van der Waals surface area contributed by atoms with Gasteiger partial charge in [-0.2, -0.15) is 10.4 Å². The monoisotopic (exact) mass is 240 g/mol. The molecule has 1 aromatic heterocycles. The summed E-state index contributed by atoms with van der Waals surface area (Å²) >= 11 is 0. The number of hydrogen-bond donors (Lipinski definition) is 1. The summed E-state index contributed by atoms with van der Waals surface area (Å²) in [6, 6.07) is 10.5. The Labute approximate surface area is 105 Å². The van der Waals surface area contributed by atoms with Crippen molar-refractivity contribution in [2.45, 2.75) is 6.54 Å². The highest BCUT2D eigenvalue weighted by Gasteiger charge is 2.05. The van der Waals surface area contributed by atoms with Crippen molar-refractivity contribution in [1.82, 2.24) is 15.1 Å². The molecular weight excluding hydrogens is 228 g/mol. The molecule has 1 amide bonds. The van der Waals surface area contributed by atoms with E-state index in [1.54, 1.807) is 35.1 Å². The molecule has 1 N–H and O–H groups in total. The number of carbonyl (C=O) groups is 1. The van der Waals surface area contributed by atoms with Crippen LogP contribution in [0, 0.1) is 11.3 Å². The average Bonchev–Trinajstić information content (AvgIpc) is 2.92. The lowest BCUT2D eigenvalue weighted by molar-refractivity contribution is 0.0952. The second-order valence-corrected chi connectivity index (χ2v) is 3.72. The molecule has 0 atom stereocenters. The van der Waals surface area contributed by atoms with Crippen molar-refractivity contribution in [3.05, 3.63) is 53.9 Å². The van der Waals surface area contributed by atoms with Crippen LogP contribution in [-0.2, 0) is 6.54 Å². The Morgan fingerprint density at radius 3 is 3.06 bits per heavy atom. The molecule has 0 aliphatic rings. The molecule has 0 bridgehead atoms. The van der Waals surface area contributed by atoms with Crippen LogP contribution >= 0.6 is 0 Å². The van der Waals surface area contributed by atoms with E-state index in [0.717, 1.165) is 0 Å². The molecule has 18 heavy (non-hydrogen) atoms. The molecule has 0 aliphatic carbocycles. The maximum absolute atomic E-state index is 11.8. The highest BCUT2D eigenvalue weighted by atomic mass is 16.1. The van der Waals surface area contributed by atoms with Gasteiger partial charge in [-0.1, -0.05) is 6.07 Å². The first-order chi connectivity index (χ1) is 8.79. The molecule has 5 nitrogen and oxygen atoms in total. The van der Waals surface area contributed by atoms with Crippen LogP contribution in [0.4, 0.5) is 0 Å². The Morgan fingerprint density at radius 1 is 1.44 bits per heavy atom. The van der Waals surface area contributed by atoms with E-state index >= 15 is 0 Å². The molecule has 0 unspecified atom stereocenters. The zero-order valence-electron chi connectivity index (χ0n) is 9.71. The number of hydrogen-bond acceptors (Lipinski definition) is 3. The predicted molar refractivity (Wildman–Crippen MR) is 65.7 cm³/mol. The third-order valence-electron chi connectivity index (χ3n) is 2.44. The van der Waals surface area contributed by atoms with E-state index in [4.69, 9.17) is 5.26 Å². The molecule has 0 fully saturated rings. The van der Waals surface area contributed by atoms with Gasteiger partial charge in [0.1, 0.15) is 0 Å². The van der Waals surface area contributed by atoms with Crippen LogP contribution in [0.2, 0.25) is 0 Å². The topological polar surface area (TPSA) is 70.7 Å². The van der Waals surface area contributed by atoms with Crippen LogP contribution in [0.1, 0.15) is 15.9 Å². The zero-order valence-corrected chi connectivity index (χ0v) is 9.71. The van der Waals surface area contributed by atoms with Gasteiger partial charge in [0.2, 0.25) is 0 Å². The quantitative estimate of drug-likeness (QED) is 0.872. The molecule has 90 valence electrons. The lowest BCUT2D eigenvalue weighted by Crippen LogP contribution is -2.27. The minimum atomic E-state index is -0.181. The molecule has 0 saturated heterocycles. The molecular formula is C13H12N4O. The van der Waals surface area contributed by atoms with Crippen LogP contribution in [0.15, 0.2) is 42.7 Å². The van der Waals surface area contributed by atoms with E-state index in [2.05, 4.69) is 10.4 Å². The number of benzene rings is 1. The standard InChI is InChI=1S/C13H12N4O/c14-10-11-3-1-4-12(9-11)13(18)15-6-8-17-7-2-5-16-17/h1-5,7,9H,6,8H2,(H,15,18). The fourth-order valence-electron chi connectivity index (χ4n) is 1.55. The normalized spacial score (nSPS) is 9.72. The number of aromatic nitrogens is 2. The summed E-state index contributed by atoms with van der Waals surface area (Å²) < 4.78 is 1.74. The smallest absolute Gasteiger partial charge is 0.251 e. The van der Waals surface area contributed by atoms with Gasteiger partial charge in [0.15, 0.2) is 0 Å². The van der Waals surface area contributed by atoms with Crippen molar-refractivity contribution in [1.29, 1.82) is 5.26 Å². The Balaban J connectivity index is 1.89. The molecule has 2 aromatic rings. The van der Waals surface area contributed by atoms with Gasteiger partial charge in [0, 0.05) is 24.5 Å². The minimum Gasteiger partial charge on any atom is -0.350 e. The van der Waals surface area contributed by atoms with Crippen molar-refractivity contribution >= 4 is 5.91 Å². The van der Waals surface area contributed by atoms with Crippen LogP contribution in [0.3, 0.4) is 0 Å². The Bertz CT molecular complexity index is 569. The molecule has 0 aliphatic heterocycles. The van der Waals surface area contributed by atoms with Gasteiger partial charge in [-0.15, -0.1) is 0 Å². The number of carbonyl (C=O) groups excluding carboxylic acids is 1. The lowest BCUT2D eigenvalue weighted by atomic mass is 10.1. The van der Waals surface area contributed by atoms with Crippen LogP contribution < -0.4 is 5.32 Å². The summed E-state index contributed by atoms with van der Waals surface area (Å²) in [5, 5.41) is 15.6. The summed E-state index contributed by atoms with van der Waals surface area (Å²) in [5.41, 5.74) is 0.976. The first-order valence-electron chi connectivity index (χ1n) is 5.55. The summed E-state index contributed by atoms with van der Waals surface area (Å²) in [6.07, 6.45) is 3.53. The number of rotatable bonds is 4. The summed E-state index contributed by atoms with van der Waals surface area (Å²) in [4.78, 5) is 11.8. The van der Waals surface area contributed by atoms with Crippen molar-refractivity contribution < 1.29 is 4.79 Å². The van der Waals surface area contributed by atoms with Crippen molar-refractivity contribution in [3.63, 3.8) is 0 Å². The first-order valence-corrected chi connectivity index (χ1v) is 5.55. The van der Waals surface area contributed by atoms with Crippen molar-refractivity contribution in [2.24, 2.45) is 0 Å². The number of nitriles is 1. The van der Waals surface area contributed by atoms with Gasteiger partial charge >= 0.3 is 0 Å². The van der Waals surface area contributed by atoms with E-state index in [-0.39, 0.29) is 5.91 Å². The fraction of sp³-hybridized carbons (Fsp3) is 0.154. The maximum atomic E-state index is 11.8. The third-order valence-corrected chi connectivity index (χ3v) is 2.44. The van der Waals surface area contributed by atoms with Gasteiger partial charge in [-0.05, 0) is 24.3 Å². The average molecular weight is 240 g/mol. The van der Waals surface area contributed by atoms with Crippen molar-refractivity contribution in [2.75, 3.05) is 6.54 Å². The largest absolute Gasteiger partial charge is 0.350 e. The molecule has 5 heteroatoms. The maximum Gasteiger partial charge on any atom is 0.251 e.